The number of carbonyl (C=O) groups is 2. The van der Waals surface area contributed by atoms with Crippen molar-refractivity contribution in [3.63, 3.8) is 0 Å². The van der Waals surface area contributed by atoms with Gasteiger partial charge in [-0.2, -0.15) is 10.5 Å². The number of aromatic nitrogens is 1. The number of ether oxygens (including phenoxy) is 1. The van der Waals surface area contributed by atoms with Crippen LogP contribution >= 0.6 is 11.8 Å². The van der Waals surface area contributed by atoms with Crippen molar-refractivity contribution in [1.29, 1.82) is 10.5 Å². The monoisotopic (exact) mass is 450 g/mol. The van der Waals surface area contributed by atoms with E-state index in [2.05, 4.69) is 23.7 Å². The number of para-hydroxylation sites is 1. The second-order valence-corrected chi connectivity index (χ2v) is 8.59. The Morgan fingerprint density at radius 2 is 1.97 bits per heavy atom. The molecule has 1 N–H and O–H groups in total. The van der Waals surface area contributed by atoms with Crippen LogP contribution in [0.15, 0.2) is 40.8 Å². The van der Waals surface area contributed by atoms with E-state index >= 15 is 0 Å². The van der Waals surface area contributed by atoms with Crippen LogP contribution in [0.5, 0.6) is 0 Å². The molecule has 32 heavy (non-hydrogen) atoms. The first kappa shape index (κ1) is 24.8. The summed E-state index contributed by atoms with van der Waals surface area (Å²) in [5.74, 6) is -0.686. The third-order valence-corrected chi connectivity index (χ3v) is 5.53. The molecule has 0 radical (unpaired) electrons. The van der Waals surface area contributed by atoms with E-state index in [1.807, 2.05) is 32.1 Å². The SMILES string of the molecule is Cc1cc(/C=C(\C#N)C(=O)OCC(=O)Nc2ccccc2SCC#N)c(C)n1CC(C)C. The zero-order valence-electron chi connectivity index (χ0n) is 18.6. The summed E-state index contributed by atoms with van der Waals surface area (Å²) in [6.07, 6.45) is 1.49. The first-order chi connectivity index (χ1) is 15.3. The fourth-order valence-corrected chi connectivity index (χ4v) is 3.78. The number of aryl methyl sites for hydroxylation is 1. The van der Waals surface area contributed by atoms with Crippen molar-refractivity contribution in [1.82, 2.24) is 4.57 Å². The first-order valence-electron chi connectivity index (χ1n) is 10.1. The maximum atomic E-state index is 12.4. The quantitative estimate of drug-likeness (QED) is 0.261. The highest BCUT2D eigenvalue weighted by atomic mass is 32.2. The summed E-state index contributed by atoms with van der Waals surface area (Å²) in [5.41, 5.74) is 3.13. The smallest absolute Gasteiger partial charge is 0.349 e. The molecular weight excluding hydrogens is 424 g/mol. The molecule has 8 heteroatoms. The summed E-state index contributed by atoms with van der Waals surface area (Å²) in [7, 11) is 0. The highest BCUT2D eigenvalue weighted by Crippen LogP contribution is 2.26. The van der Waals surface area contributed by atoms with Gasteiger partial charge in [-0.3, -0.25) is 4.79 Å². The van der Waals surface area contributed by atoms with Crippen molar-refractivity contribution >= 4 is 35.4 Å². The Morgan fingerprint density at radius 1 is 1.25 bits per heavy atom. The number of anilines is 1. The second-order valence-electron chi connectivity index (χ2n) is 7.57. The Morgan fingerprint density at radius 3 is 2.62 bits per heavy atom. The number of hydrogen-bond acceptors (Lipinski definition) is 6. The summed E-state index contributed by atoms with van der Waals surface area (Å²) in [6, 6.07) is 12.9. The Hall–Kier alpha value is -3.49. The maximum absolute atomic E-state index is 12.4. The lowest BCUT2D eigenvalue weighted by Crippen LogP contribution is -2.21. The Kier molecular flexibility index (Phi) is 9.12. The van der Waals surface area contributed by atoms with Crippen molar-refractivity contribution in [2.75, 3.05) is 17.7 Å². The van der Waals surface area contributed by atoms with Gasteiger partial charge in [0.05, 0.1) is 17.5 Å². The molecule has 0 atom stereocenters. The van der Waals surface area contributed by atoms with E-state index in [-0.39, 0.29) is 11.3 Å². The predicted octanol–water partition coefficient (Wildman–Crippen LogP) is 4.47. The Bertz CT molecular complexity index is 1100. The molecule has 1 amide bonds. The van der Waals surface area contributed by atoms with Crippen LogP contribution in [0.3, 0.4) is 0 Å². The van der Waals surface area contributed by atoms with Gasteiger partial charge in [0, 0.05) is 22.8 Å². The molecule has 166 valence electrons. The van der Waals surface area contributed by atoms with Crippen molar-refractivity contribution in [2.24, 2.45) is 5.92 Å². The van der Waals surface area contributed by atoms with E-state index in [9.17, 15) is 14.9 Å². The lowest BCUT2D eigenvalue weighted by Gasteiger charge is -2.12. The van der Waals surface area contributed by atoms with E-state index < -0.39 is 18.5 Å². The van der Waals surface area contributed by atoms with E-state index in [1.54, 1.807) is 24.3 Å². The van der Waals surface area contributed by atoms with Crippen LogP contribution in [0.1, 0.15) is 30.8 Å². The molecule has 0 fully saturated rings. The molecule has 1 aromatic carbocycles. The van der Waals surface area contributed by atoms with Crippen LogP contribution in [0.4, 0.5) is 5.69 Å². The third-order valence-electron chi connectivity index (χ3n) is 4.59. The lowest BCUT2D eigenvalue weighted by molar-refractivity contribution is -0.142. The molecule has 0 aliphatic carbocycles. The molecule has 1 heterocycles. The summed E-state index contributed by atoms with van der Waals surface area (Å²) in [5, 5.41) is 20.9. The topological polar surface area (TPSA) is 108 Å². The van der Waals surface area contributed by atoms with Crippen LogP contribution in [0.2, 0.25) is 0 Å². The van der Waals surface area contributed by atoms with Gasteiger partial charge in [-0.15, -0.1) is 11.8 Å². The molecule has 0 unspecified atom stereocenters. The molecule has 0 aliphatic heterocycles. The molecule has 2 rings (SSSR count). The number of hydrogen-bond donors (Lipinski definition) is 1. The number of nitrogens with zero attached hydrogens (tertiary/aromatic N) is 3. The van der Waals surface area contributed by atoms with E-state index in [0.717, 1.165) is 28.4 Å². The van der Waals surface area contributed by atoms with E-state index in [0.29, 0.717) is 11.6 Å². The first-order valence-corrected chi connectivity index (χ1v) is 11.1. The summed E-state index contributed by atoms with van der Waals surface area (Å²) < 4.78 is 7.20. The van der Waals surface area contributed by atoms with Crippen molar-refractivity contribution in [3.05, 3.63) is 52.9 Å². The molecule has 0 aliphatic rings. The fourth-order valence-electron chi connectivity index (χ4n) is 3.11. The average molecular weight is 451 g/mol. The Labute approximate surface area is 192 Å². The highest BCUT2D eigenvalue weighted by molar-refractivity contribution is 7.99. The van der Waals surface area contributed by atoms with Gasteiger partial charge in [-0.1, -0.05) is 26.0 Å². The molecule has 0 spiro atoms. The van der Waals surface area contributed by atoms with Crippen LogP contribution in [-0.2, 0) is 20.9 Å². The number of amides is 1. The van der Waals surface area contributed by atoms with Gasteiger partial charge in [0.25, 0.3) is 5.91 Å². The van der Waals surface area contributed by atoms with Crippen molar-refractivity contribution < 1.29 is 14.3 Å². The normalized spacial score (nSPS) is 11.0. The van der Waals surface area contributed by atoms with Crippen molar-refractivity contribution in [3.8, 4) is 12.1 Å². The maximum Gasteiger partial charge on any atom is 0.349 e. The number of benzene rings is 1. The average Bonchev–Trinajstić information content (AvgIpc) is 3.02. The third kappa shape index (κ3) is 6.76. The minimum absolute atomic E-state index is 0.174. The van der Waals surface area contributed by atoms with Crippen LogP contribution < -0.4 is 5.32 Å². The number of nitriles is 2. The summed E-state index contributed by atoms with van der Waals surface area (Å²) in [6.45, 7) is 8.48. The van der Waals surface area contributed by atoms with Gasteiger partial charge in [0.2, 0.25) is 0 Å². The highest BCUT2D eigenvalue weighted by Gasteiger charge is 2.16. The van der Waals surface area contributed by atoms with Gasteiger partial charge in [0.15, 0.2) is 6.61 Å². The van der Waals surface area contributed by atoms with Gasteiger partial charge < -0.3 is 14.6 Å². The van der Waals surface area contributed by atoms with Crippen LogP contribution in [-0.4, -0.2) is 28.8 Å². The lowest BCUT2D eigenvalue weighted by atomic mass is 10.1. The van der Waals surface area contributed by atoms with Crippen LogP contribution in [0.25, 0.3) is 6.08 Å². The number of nitrogens with one attached hydrogen (secondary N) is 1. The van der Waals surface area contributed by atoms with Gasteiger partial charge in [-0.05, 0) is 49.6 Å². The fraction of sp³-hybridized carbons (Fsp3) is 0.333. The zero-order valence-corrected chi connectivity index (χ0v) is 19.5. The molecule has 0 bridgehead atoms. The van der Waals surface area contributed by atoms with Gasteiger partial charge in [-0.25, -0.2) is 4.79 Å². The van der Waals surface area contributed by atoms with Crippen LogP contribution in [0, 0.1) is 42.4 Å². The molecule has 0 saturated carbocycles. The summed E-state index contributed by atoms with van der Waals surface area (Å²) >= 11 is 1.29. The standard InChI is InChI=1S/C24H26N4O3S/c1-16(2)14-28-17(3)11-19(18(28)4)12-20(13-26)24(30)31-15-23(29)27-21-7-5-6-8-22(21)32-10-9-25/h5-8,11-12,16H,10,14-15H2,1-4H3,(H,27,29)/b20-12+. The molecule has 0 saturated heterocycles. The molecule has 7 nitrogen and oxygen atoms in total. The Balaban J connectivity index is 2.05. The van der Waals surface area contributed by atoms with Gasteiger partial charge in [0.1, 0.15) is 11.6 Å². The minimum atomic E-state index is -0.858. The number of carbonyl (C=O) groups excluding carboxylic acids is 2. The molecule has 1 aromatic heterocycles. The molecular formula is C24H26N4O3S. The van der Waals surface area contributed by atoms with Gasteiger partial charge >= 0.3 is 5.97 Å². The predicted molar refractivity (Wildman–Crippen MR) is 125 cm³/mol. The number of esters is 1. The zero-order chi connectivity index (χ0) is 23.7. The van der Waals surface area contributed by atoms with E-state index in [1.165, 1.54) is 17.8 Å². The second kappa shape index (κ2) is 11.8. The summed E-state index contributed by atoms with van der Waals surface area (Å²) in [4.78, 5) is 25.4. The largest absolute Gasteiger partial charge is 0.451 e. The number of rotatable bonds is 9. The number of thioether (sulfide) groups is 1. The molecule has 2 aromatic rings. The van der Waals surface area contributed by atoms with E-state index in [4.69, 9.17) is 10.00 Å². The van der Waals surface area contributed by atoms with Crippen molar-refractivity contribution in [2.45, 2.75) is 39.1 Å². The minimum Gasteiger partial charge on any atom is -0.451 e.